The van der Waals surface area contributed by atoms with Crippen LogP contribution in [0.3, 0.4) is 0 Å². The van der Waals surface area contributed by atoms with Crippen molar-refractivity contribution in [2.24, 2.45) is 0 Å². The third kappa shape index (κ3) is 8.08. The highest BCUT2D eigenvalue weighted by Crippen LogP contribution is 2.28. The summed E-state index contributed by atoms with van der Waals surface area (Å²) >= 11 is 1.35. The van der Waals surface area contributed by atoms with Crippen LogP contribution >= 0.6 is 11.3 Å². The van der Waals surface area contributed by atoms with E-state index in [9.17, 15) is 24.6 Å². The van der Waals surface area contributed by atoms with Gasteiger partial charge in [0.05, 0.1) is 5.01 Å². The van der Waals surface area contributed by atoms with Gasteiger partial charge in [0.25, 0.3) is 5.91 Å². The van der Waals surface area contributed by atoms with Crippen LogP contribution in [0.5, 0.6) is 17.2 Å². The number of anilines is 1. The summed E-state index contributed by atoms with van der Waals surface area (Å²) < 4.78 is 5.81. The third-order valence-corrected chi connectivity index (χ3v) is 7.65. The minimum absolute atomic E-state index is 0.0956. The molecule has 0 saturated carbocycles. The molecule has 1 aromatic heterocycles. The molecule has 0 bridgehead atoms. The fraction of sp³-hybridized carbons (Fsp3) is 0.118. The largest absolute Gasteiger partial charge is 0.507 e. The number of amides is 2. The summed E-state index contributed by atoms with van der Waals surface area (Å²) in [5, 5.41) is 27.0. The zero-order valence-corrected chi connectivity index (χ0v) is 24.3. The Morgan fingerprint density at radius 2 is 1.55 bits per heavy atom. The Kier molecular flexibility index (Phi) is 9.63. The normalized spacial score (nSPS) is 11.4. The van der Waals surface area contributed by atoms with Crippen LogP contribution in [-0.2, 0) is 17.8 Å². The molecule has 10 heteroatoms. The lowest BCUT2D eigenvalue weighted by molar-refractivity contribution is -0.116. The van der Waals surface area contributed by atoms with Gasteiger partial charge in [-0.2, -0.15) is 0 Å². The van der Waals surface area contributed by atoms with Crippen LogP contribution in [0.4, 0.5) is 5.69 Å². The van der Waals surface area contributed by atoms with Gasteiger partial charge in [0.1, 0.15) is 28.5 Å². The summed E-state index contributed by atoms with van der Waals surface area (Å²) in [5.41, 5.74) is 2.11. The standard InChI is InChI=1S/C34H29N3O6S/c38-30-16-13-25(19-28(30)34(41)42)36-31(39)17-24(23-7-3-1-4-8-23)18-32-37-29(21-44-32)33(40)35-20-22-11-14-27(15-12-22)43-26-9-5-2-6-10-26/h1-16,19,21,24,38H,17-18,20H2,(H,35,40)(H,36,39)(H,41,42). The Bertz CT molecular complexity index is 1740. The van der Waals surface area contributed by atoms with Crippen LogP contribution in [-0.4, -0.2) is 33.0 Å². The van der Waals surface area contributed by atoms with Crippen molar-refractivity contribution in [3.05, 3.63) is 136 Å². The van der Waals surface area contributed by atoms with Crippen LogP contribution in [0.15, 0.2) is 109 Å². The lowest BCUT2D eigenvalue weighted by Crippen LogP contribution is -2.23. The van der Waals surface area contributed by atoms with Crippen LogP contribution in [0, 0.1) is 0 Å². The second kappa shape index (κ2) is 14.1. The molecule has 0 saturated heterocycles. The molecule has 4 aromatic carbocycles. The van der Waals surface area contributed by atoms with Gasteiger partial charge in [-0.1, -0.05) is 60.7 Å². The van der Waals surface area contributed by atoms with Gasteiger partial charge >= 0.3 is 5.97 Å². The fourth-order valence-corrected chi connectivity index (χ4v) is 5.40. The third-order valence-electron chi connectivity index (χ3n) is 6.77. The first kappa shape index (κ1) is 30.0. The monoisotopic (exact) mass is 607 g/mol. The highest BCUT2D eigenvalue weighted by Gasteiger charge is 2.21. The molecule has 0 aliphatic carbocycles. The summed E-state index contributed by atoms with van der Waals surface area (Å²) in [6, 6.07) is 30.4. The number of benzene rings is 4. The highest BCUT2D eigenvalue weighted by atomic mass is 32.1. The van der Waals surface area contributed by atoms with Crippen molar-refractivity contribution in [3.63, 3.8) is 0 Å². The Morgan fingerprint density at radius 1 is 0.864 bits per heavy atom. The number of aromatic nitrogens is 1. The molecule has 4 N–H and O–H groups in total. The average molecular weight is 608 g/mol. The van der Waals surface area contributed by atoms with Gasteiger partial charge in [-0.15, -0.1) is 11.3 Å². The molecule has 1 atom stereocenters. The smallest absolute Gasteiger partial charge is 0.339 e. The molecule has 0 aliphatic rings. The van der Waals surface area contributed by atoms with E-state index in [0.29, 0.717) is 29.4 Å². The maximum absolute atomic E-state index is 13.0. The molecule has 1 heterocycles. The molecular weight excluding hydrogens is 578 g/mol. The Balaban J connectivity index is 1.19. The first-order chi connectivity index (χ1) is 21.3. The number of rotatable bonds is 12. The molecule has 5 rings (SSSR count). The van der Waals surface area contributed by atoms with Crippen molar-refractivity contribution in [2.75, 3.05) is 5.32 Å². The number of nitrogens with one attached hydrogen (secondary N) is 2. The van der Waals surface area contributed by atoms with E-state index in [0.717, 1.165) is 16.9 Å². The number of phenols is 1. The number of aromatic hydroxyl groups is 1. The van der Waals surface area contributed by atoms with Gasteiger partial charge in [0, 0.05) is 30.5 Å². The minimum atomic E-state index is -1.30. The summed E-state index contributed by atoms with van der Waals surface area (Å²) in [6.45, 7) is 0.324. The maximum Gasteiger partial charge on any atom is 0.339 e. The first-order valence-corrected chi connectivity index (χ1v) is 14.7. The quantitative estimate of drug-likeness (QED) is 0.117. The van der Waals surface area contributed by atoms with Crippen molar-refractivity contribution in [2.45, 2.75) is 25.3 Å². The molecule has 0 aliphatic heterocycles. The lowest BCUT2D eigenvalue weighted by Gasteiger charge is -2.16. The van der Waals surface area contributed by atoms with Crippen LogP contribution < -0.4 is 15.4 Å². The number of carbonyl (C=O) groups excluding carboxylic acids is 2. The van der Waals surface area contributed by atoms with Crippen molar-refractivity contribution in [1.82, 2.24) is 10.3 Å². The SMILES string of the molecule is O=C(CC(Cc1nc(C(=O)NCc2ccc(Oc3ccccc3)cc2)cs1)c1ccccc1)Nc1ccc(O)c(C(=O)O)c1. The summed E-state index contributed by atoms with van der Waals surface area (Å²) in [7, 11) is 0. The summed E-state index contributed by atoms with van der Waals surface area (Å²) in [4.78, 5) is 41.7. The predicted octanol–water partition coefficient (Wildman–Crippen LogP) is 6.62. The molecule has 9 nitrogen and oxygen atoms in total. The maximum atomic E-state index is 13.0. The molecule has 1 unspecified atom stereocenters. The zero-order valence-electron chi connectivity index (χ0n) is 23.5. The molecule has 0 spiro atoms. The van der Waals surface area contributed by atoms with E-state index < -0.39 is 5.97 Å². The molecule has 44 heavy (non-hydrogen) atoms. The van der Waals surface area contributed by atoms with Gasteiger partial charge in [0.2, 0.25) is 5.91 Å². The van der Waals surface area contributed by atoms with E-state index in [4.69, 9.17) is 4.74 Å². The number of hydrogen-bond donors (Lipinski definition) is 4. The van der Waals surface area contributed by atoms with Gasteiger partial charge in [-0.3, -0.25) is 9.59 Å². The van der Waals surface area contributed by atoms with Crippen molar-refractivity contribution < 1.29 is 29.3 Å². The van der Waals surface area contributed by atoms with E-state index in [-0.39, 0.29) is 41.2 Å². The molecule has 2 amide bonds. The molecule has 0 fully saturated rings. The number of thiazole rings is 1. The number of aromatic carboxylic acids is 1. The van der Waals surface area contributed by atoms with Crippen molar-refractivity contribution in [1.29, 1.82) is 0 Å². The minimum Gasteiger partial charge on any atom is -0.507 e. The number of nitrogens with zero attached hydrogens (tertiary/aromatic N) is 1. The second-order valence-electron chi connectivity index (χ2n) is 9.97. The zero-order chi connectivity index (χ0) is 30.9. The van der Waals surface area contributed by atoms with E-state index in [1.54, 1.807) is 5.38 Å². The first-order valence-electron chi connectivity index (χ1n) is 13.8. The van der Waals surface area contributed by atoms with Gasteiger partial charge < -0.3 is 25.6 Å². The van der Waals surface area contributed by atoms with Crippen molar-refractivity contribution >= 4 is 34.8 Å². The van der Waals surface area contributed by atoms with Gasteiger partial charge in [-0.05, 0) is 59.5 Å². The van der Waals surface area contributed by atoms with E-state index in [1.165, 1.54) is 29.5 Å². The topological polar surface area (TPSA) is 138 Å². The fourth-order valence-electron chi connectivity index (χ4n) is 4.55. The Hall–Kier alpha value is -5.48. The Morgan fingerprint density at radius 3 is 2.25 bits per heavy atom. The summed E-state index contributed by atoms with van der Waals surface area (Å²) in [5.74, 6) is -1.10. The molecule has 5 aromatic rings. The Labute approximate surface area is 257 Å². The molecule has 222 valence electrons. The number of ether oxygens (including phenoxy) is 1. The molecular formula is C34H29N3O6S. The summed E-state index contributed by atoms with van der Waals surface area (Å²) in [6.07, 6.45) is 0.520. The van der Waals surface area contributed by atoms with E-state index in [1.807, 2.05) is 84.9 Å². The second-order valence-corrected chi connectivity index (χ2v) is 10.9. The predicted molar refractivity (Wildman–Crippen MR) is 167 cm³/mol. The highest BCUT2D eigenvalue weighted by molar-refractivity contribution is 7.09. The number of carboxylic acids is 1. The average Bonchev–Trinajstić information content (AvgIpc) is 3.51. The van der Waals surface area contributed by atoms with Gasteiger partial charge in [-0.25, -0.2) is 9.78 Å². The van der Waals surface area contributed by atoms with Crippen molar-refractivity contribution in [3.8, 4) is 17.2 Å². The number of para-hydroxylation sites is 1. The van der Waals surface area contributed by atoms with Crippen LogP contribution in [0.1, 0.15) is 49.3 Å². The molecule has 0 radical (unpaired) electrons. The number of carbonyl (C=O) groups is 3. The van der Waals surface area contributed by atoms with E-state index >= 15 is 0 Å². The number of hydrogen-bond acceptors (Lipinski definition) is 7. The van der Waals surface area contributed by atoms with E-state index in [2.05, 4.69) is 15.6 Å². The number of carboxylic acid groups (broad SMARTS) is 1. The van der Waals surface area contributed by atoms with Crippen LogP contribution in [0.2, 0.25) is 0 Å². The van der Waals surface area contributed by atoms with Crippen LogP contribution in [0.25, 0.3) is 0 Å². The van der Waals surface area contributed by atoms with Gasteiger partial charge in [0.15, 0.2) is 0 Å². The lowest BCUT2D eigenvalue weighted by atomic mass is 9.92.